The number of unbranched alkanes of at least 4 members (excludes halogenated alkanes) is 5. The lowest BCUT2D eigenvalue weighted by Crippen LogP contribution is -2.32. The number of hydrogen-bond donors (Lipinski definition) is 2. The van der Waals surface area contributed by atoms with E-state index in [1.165, 1.54) is 37.0 Å². The maximum Gasteiger partial charge on any atom is 0.188 e. The minimum absolute atomic E-state index is 0.531. The van der Waals surface area contributed by atoms with E-state index in [1.807, 2.05) is 6.92 Å². The summed E-state index contributed by atoms with van der Waals surface area (Å²) in [4.78, 5) is 10.0. The van der Waals surface area contributed by atoms with Crippen LogP contribution in [0, 0.1) is 13.8 Å². The fraction of sp³-hybridized carbons (Fsp3) is 0.733. The van der Waals surface area contributed by atoms with Crippen LogP contribution in [0.4, 0.5) is 0 Å². The highest BCUT2D eigenvalue weighted by Crippen LogP contribution is 2.16. The fourth-order valence-electron chi connectivity index (χ4n) is 2.06. The van der Waals surface area contributed by atoms with Crippen LogP contribution in [0.15, 0.2) is 4.99 Å². The molecule has 0 aliphatic rings. The van der Waals surface area contributed by atoms with Gasteiger partial charge in [0.25, 0.3) is 0 Å². The number of guanidine groups is 1. The standard InChI is InChI=1S/C15H28N4S/c1-4-5-6-7-8-9-10-17-15(16)18-11-14-12(2)20-13(3)19-14/h4-11H2,1-3H3,(H3,16,17,18). The van der Waals surface area contributed by atoms with Gasteiger partial charge in [-0.3, -0.25) is 0 Å². The molecule has 0 spiro atoms. The lowest BCUT2D eigenvalue weighted by Gasteiger charge is -2.05. The molecule has 3 N–H and O–H groups in total. The van der Waals surface area contributed by atoms with E-state index in [0.717, 1.165) is 23.7 Å². The van der Waals surface area contributed by atoms with Crippen molar-refractivity contribution in [1.82, 2.24) is 10.3 Å². The zero-order chi connectivity index (χ0) is 14.8. The maximum atomic E-state index is 5.86. The van der Waals surface area contributed by atoms with Crippen LogP contribution in [0.3, 0.4) is 0 Å². The summed E-state index contributed by atoms with van der Waals surface area (Å²) >= 11 is 1.71. The Morgan fingerprint density at radius 3 is 2.55 bits per heavy atom. The van der Waals surface area contributed by atoms with Crippen molar-refractivity contribution < 1.29 is 0 Å². The largest absolute Gasteiger partial charge is 0.370 e. The SMILES string of the molecule is CCCCCCCCNC(N)=NCc1nc(C)sc1C. The normalized spacial score (nSPS) is 11.8. The Balaban J connectivity index is 2.14. The Morgan fingerprint density at radius 2 is 1.90 bits per heavy atom. The summed E-state index contributed by atoms with van der Waals surface area (Å²) in [5.41, 5.74) is 6.89. The molecule has 0 saturated heterocycles. The highest BCUT2D eigenvalue weighted by atomic mass is 32.1. The smallest absolute Gasteiger partial charge is 0.188 e. The molecular formula is C15H28N4S. The Kier molecular flexibility index (Phi) is 8.26. The molecule has 1 aromatic heterocycles. The molecule has 114 valence electrons. The average molecular weight is 296 g/mol. The van der Waals surface area contributed by atoms with Gasteiger partial charge in [0.05, 0.1) is 17.2 Å². The molecule has 1 heterocycles. The second-order valence-corrected chi connectivity index (χ2v) is 6.54. The van der Waals surface area contributed by atoms with E-state index in [4.69, 9.17) is 5.73 Å². The van der Waals surface area contributed by atoms with Crippen LogP contribution >= 0.6 is 11.3 Å². The first-order chi connectivity index (χ1) is 9.63. The van der Waals surface area contributed by atoms with Crippen LogP contribution in [0.5, 0.6) is 0 Å². The highest BCUT2D eigenvalue weighted by Gasteiger charge is 2.03. The molecule has 1 aromatic rings. The van der Waals surface area contributed by atoms with Gasteiger partial charge in [-0.2, -0.15) is 0 Å². The van der Waals surface area contributed by atoms with E-state index >= 15 is 0 Å². The third-order valence-corrected chi connectivity index (χ3v) is 4.16. The van der Waals surface area contributed by atoms with Crippen LogP contribution in [0.1, 0.15) is 61.0 Å². The van der Waals surface area contributed by atoms with Crippen molar-refractivity contribution >= 4 is 17.3 Å². The summed E-state index contributed by atoms with van der Waals surface area (Å²) in [7, 11) is 0. The molecule has 0 unspecified atom stereocenters. The monoisotopic (exact) mass is 296 g/mol. The first-order valence-electron chi connectivity index (χ1n) is 7.60. The molecule has 0 aromatic carbocycles. The number of nitrogens with two attached hydrogens (primary N) is 1. The number of thiazole rings is 1. The van der Waals surface area contributed by atoms with E-state index < -0.39 is 0 Å². The minimum atomic E-state index is 0.531. The third kappa shape index (κ3) is 6.89. The summed E-state index contributed by atoms with van der Waals surface area (Å²) in [6.45, 7) is 7.83. The Morgan fingerprint density at radius 1 is 1.20 bits per heavy atom. The lowest BCUT2D eigenvalue weighted by atomic mass is 10.1. The molecule has 0 saturated carbocycles. The predicted octanol–water partition coefficient (Wildman–Crippen LogP) is 3.52. The number of aryl methyl sites for hydroxylation is 2. The van der Waals surface area contributed by atoms with E-state index in [-0.39, 0.29) is 0 Å². The Bertz CT molecular complexity index is 412. The van der Waals surface area contributed by atoms with Crippen LogP contribution in [0.2, 0.25) is 0 Å². The van der Waals surface area contributed by atoms with Crippen molar-refractivity contribution in [1.29, 1.82) is 0 Å². The van der Waals surface area contributed by atoms with Crippen molar-refractivity contribution in [2.24, 2.45) is 10.7 Å². The quantitative estimate of drug-likeness (QED) is 0.416. The summed E-state index contributed by atoms with van der Waals surface area (Å²) in [5, 5.41) is 4.26. The molecule has 20 heavy (non-hydrogen) atoms. The topological polar surface area (TPSA) is 63.3 Å². The molecule has 1 rings (SSSR count). The molecule has 0 atom stereocenters. The second-order valence-electron chi connectivity index (χ2n) is 5.13. The van der Waals surface area contributed by atoms with E-state index in [2.05, 4.69) is 29.1 Å². The summed E-state index contributed by atoms with van der Waals surface area (Å²) in [6, 6.07) is 0. The van der Waals surface area contributed by atoms with Crippen molar-refractivity contribution in [3.63, 3.8) is 0 Å². The van der Waals surface area contributed by atoms with Gasteiger partial charge >= 0.3 is 0 Å². The highest BCUT2D eigenvalue weighted by molar-refractivity contribution is 7.11. The zero-order valence-corrected chi connectivity index (χ0v) is 13.9. The van der Waals surface area contributed by atoms with Gasteiger partial charge < -0.3 is 11.1 Å². The number of aliphatic imine (C=N–C) groups is 1. The van der Waals surface area contributed by atoms with Crippen molar-refractivity contribution in [2.45, 2.75) is 65.8 Å². The van der Waals surface area contributed by atoms with Crippen LogP contribution < -0.4 is 11.1 Å². The number of aromatic nitrogens is 1. The summed E-state index contributed by atoms with van der Waals surface area (Å²) < 4.78 is 0. The first-order valence-corrected chi connectivity index (χ1v) is 8.41. The molecule has 0 fully saturated rings. The molecule has 0 radical (unpaired) electrons. The predicted molar refractivity (Wildman–Crippen MR) is 88.3 cm³/mol. The Hall–Kier alpha value is -1.10. The molecular weight excluding hydrogens is 268 g/mol. The van der Waals surface area contributed by atoms with E-state index in [1.54, 1.807) is 11.3 Å². The summed E-state index contributed by atoms with van der Waals surface area (Å²) in [5.74, 6) is 0.531. The molecule has 4 nitrogen and oxygen atoms in total. The van der Waals surface area contributed by atoms with Gasteiger partial charge in [-0.15, -0.1) is 11.3 Å². The molecule has 0 amide bonds. The first kappa shape index (κ1) is 17.0. The lowest BCUT2D eigenvalue weighted by molar-refractivity contribution is 0.601. The number of nitrogens with zero attached hydrogens (tertiary/aromatic N) is 2. The van der Waals surface area contributed by atoms with Gasteiger partial charge in [0, 0.05) is 11.4 Å². The number of hydrogen-bond acceptors (Lipinski definition) is 3. The third-order valence-electron chi connectivity index (χ3n) is 3.24. The van der Waals surface area contributed by atoms with Gasteiger partial charge in [-0.05, 0) is 20.3 Å². The average Bonchev–Trinajstić information content (AvgIpc) is 2.73. The molecule has 5 heteroatoms. The van der Waals surface area contributed by atoms with E-state index in [0.29, 0.717) is 12.5 Å². The van der Waals surface area contributed by atoms with Gasteiger partial charge in [0.15, 0.2) is 5.96 Å². The molecule has 0 aliphatic carbocycles. The molecule has 0 aliphatic heterocycles. The number of rotatable bonds is 9. The van der Waals surface area contributed by atoms with Crippen LogP contribution in [0.25, 0.3) is 0 Å². The minimum Gasteiger partial charge on any atom is -0.370 e. The van der Waals surface area contributed by atoms with E-state index in [9.17, 15) is 0 Å². The zero-order valence-electron chi connectivity index (χ0n) is 13.0. The number of nitrogens with one attached hydrogen (secondary N) is 1. The second kappa shape index (κ2) is 9.75. The summed E-state index contributed by atoms with van der Waals surface area (Å²) in [6.07, 6.45) is 7.75. The van der Waals surface area contributed by atoms with Gasteiger partial charge in [-0.1, -0.05) is 39.0 Å². The maximum absolute atomic E-state index is 5.86. The van der Waals surface area contributed by atoms with Gasteiger partial charge in [-0.25, -0.2) is 9.98 Å². The Labute approximate surface area is 126 Å². The van der Waals surface area contributed by atoms with Crippen molar-refractivity contribution in [2.75, 3.05) is 6.54 Å². The van der Waals surface area contributed by atoms with Crippen molar-refractivity contribution in [3.8, 4) is 0 Å². The van der Waals surface area contributed by atoms with Crippen LogP contribution in [-0.2, 0) is 6.54 Å². The van der Waals surface area contributed by atoms with Gasteiger partial charge in [0.1, 0.15) is 0 Å². The molecule has 0 bridgehead atoms. The van der Waals surface area contributed by atoms with Gasteiger partial charge in [0.2, 0.25) is 0 Å². The van der Waals surface area contributed by atoms with Crippen LogP contribution in [-0.4, -0.2) is 17.5 Å². The van der Waals surface area contributed by atoms with Crippen molar-refractivity contribution in [3.05, 3.63) is 15.6 Å². The fourth-order valence-corrected chi connectivity index (χ4v) is 2.88.